The molecule has 3 aliphatic heterocycles. The first-order valence-corrected chi connectivity index (χ1v) is 6.47. The summed E-state index contributed by atoms with van der Waals surface area (Å²) < 4.78 is 29.4. The van der Waals surface area contributed by atoms with Gasteiger partial charge in [-0.3, -0.25) is 0 Å². The van der Waals surface area contributed by atoms with Crippen molar-refractivity contribution in [2.24, 2.45) is 0 Å². The van der Waals surface area contributed by atoms with Gasteiger partial charge in [-0.05, 0) is 27.7 Å². The number of hydrogen-bond acceptors (Lipinski definition) is 5. The molecular formula is C12H22NO5+. The van der Waals surface area contributed by atoms with Gasteiger partial charge < -0.3 is 29.4 Å². The molecule has 3 heterocycles. The molecule has 0 radical (unpaired) electrons. The van der Waals surface area contributed by atoms with Gasteiger partial charge in [0.05, 0.1) is 0 Å². The third kappa shape index (κ3) is 1.97. The SMILES string of the molecule is CC1(C)O[C@@H]2O[C@H](C[NH3+])[C@H]3OC(C)(C)O[C@H]3[C@H]2O1. The molecule has 0 aliphatic carbocycles. The molecule has 0 amide bonds. The molecule has 0 aromatic heterocycles. The number of quaternary nitrogens is 1. The Morgan fingerprint density at radius 2 is 1.39 bits per heavy atom. The molecule has 0 saturated carbocycles. The Bertz CT molecular complexity index is 345. The van der Waals surface area contributed by atoms with Crippen LogP contribution in [0.25, 0.3) is 0 Å². The van der Waals surface area contributed by atoms with E-state index in [1.54, 1.807) is 0 Å². The summed E-state index contributed by atoms with van der Waals surface area (Å²) in [4.78, 5) is 0. The van der Waals surface area contributed by atoms with Crippen LogP contribution in [-0.2, 0) is 23.7 Å². The van der Waals surface area contributed by atoms with E-state index < -0.39 is 17.9 Å². The van der Waals surface area contributed by atoms with E-state index in [1.807, 2.05) is 27.7 Å². The van der Waals surface area contributed by atoms with Crippen molar-refractivity contribution in [2.45, 2.75) is 70.0 Å². The molecule has 3 fully saturated rings. The molecule has 3 aliphatic rings. The Balaban J connectivity index is 1.86. The fourth-order valence-electron chi connectivity index (χ4n) is 2.93. The van der Waals surface area contributed by atoms with Gasteiger partial charge in [0.15, 0.2) is 17.9 Å². The lowest BCUT2D eigenvalue weighted by molar-refractivity contribution is -0.404. The first kappa shape index (κ1) is 12.8. The Hall–Kier alpha value is -0.240. The summed E-state index contributed by atoms with van der Waals surface area (Å²) in [5.74, 6) is -1.26. The summed E-state index contributed by atoms with van der Waals surface area (Å²) in [5, 5.41) is 0. The Kier molecular flexibility index (Phi) is 2.75. The standard InChI is InChI=1S/C12H21NO5/c1-11(2)15-7-6(5-13)14-10-9(8(7)16-11)17-12(3,4)18-10/h6-10H,5,13H2,1-4H3/p+1/t6-,7-,8-,9-,10+/m1/s1. The quantitative estimate of drug-likeness (QED) is 0.696. The van der Waals surface area contributed by atoms with Crippen LogP contribution in [0, 0.1) is 0 Å². The Labute approximate surface area is 107 Å². The molecule has 0 bridgehead atoms. The number of ether oxygens (including phenoxy) is 5. The molecule has 6 heteroatoms. The molecule has 0 spiro atoms. The van der Waals surface area contributed by atoms with Crippen LogP contribution in [0.4, 0.5) is 0 Å². The van der Waals surface area contributed by atoms with E-state index in [9.17, 15) is 0 Å². The van der Waals surface area contributed by atoms with E-state index >= 15 is 0 Å². The van der Waals surface area contributed by atoms with Crippen LogP contribution in [-0.4, -0.2) is 48.8 Å². The minimum atomic E-state index is -0.647. The van der Waals surface area contributed by atoms with Crippen LogP contribution in [0.3, 0.4) is 0 Å². The molecule has 18 heavy (non-hydrogen) atoms. The number of rotatable bonds is 1. The third-order valence-corrected chi connectivity index (χ3v) is 3.54. The van der Waals surface area contributed by atoms with Gasteiger partial charge in [0.2, 0.25) is 0 Å². The first-order valence-electron chi connectivity index (χ1n) is 6.47. The van der Waals surface area contributed by atoms with Gasteiger partial charge in [-0.2, -0.15) is 0 Å². The van der Waals surface area contributed by atoms with Crippen molar-refractivity contribution in [1.82, 2.24) is 0 Å². The van der Waals surface area contributed by atoms with Gasteiger partial charge in [-0.1, -0.05) is 0 Å². The molecule has 6 nitrogen and oxygen atoms in total. The molecule has 0 aromatic carbocycles. The van der Waals surface area contributed by atoms with Gasteiger partial charge in [0, 0.05) is 0 Å². The zero-order chi connectivity index (χ0) is 13.1. The van der Waals surface area contributed by atoms with E-state index in [1.165, 1.54) is 0 Å². The fourth-order valence-corrected chi connectivity index (χ4v) is 2.93. The normalized spacial score (nSPS) is 48.8. The van der Waals surface area contributed by atoms with Crippen molar-refractivity contribution in [3.05, 3.63) is 0 Å². The van der Waals surface area contributed by atoms with Crippen LogP contribution in [0.5, 0.6) is 0 Å². The first-order chi connectivity index (χ1) is 8.31. The van der Waals surface area contributed by atoms with E-state index in [0.717, 1.165) is 0 Å². The van der Waals surface area contributed by atoms with E-state index in [0.29, 0.717) is 6.54 Å². The van der Waals surface area contributed by atoms with Crippen molar-refractivity contribution in [1.29, 1.82) is 0 Å². The van der Waals surface area contributed by atoms with Crippen LogP contribution in [0.2, 0.25) is 0 Å². The maximum absolute atomic E-state index is 5.96. The summed E-state index contributed by atoms with van der Waals surface area (Å²) in [6, 6.07) is 0. The van der Waals surface area contributed by atoms with Crippen LogP contribution in [0.1, 0.15) is 27.7 Å². The van der Waals surface area contributed by atoms with Crippen molar-refractivity contribution < 1.29 is 29.4 Å². The summed E-state index contributed by atoms with van der Waals surface area (Å²) in [7, 11) is 0. The molecular weight excluding hydrogens is 238 g/mol. The maximum atomic E-state index is 5.96. The van der Waals surface area contributed by atoms with Crippen LogP contribution in [0.15, 0.2) is 0 Å². The molecule has 104 valence electrons. The zero-order valence-corrected chi connectivity index (χ0v) is 11.3. The molecule has 5 atom stereocenters. The van der Waals surface area contributed by atoms with Gasteiger partial charge in [0.25, 0.3) is 0 Å². The van der Waals surface area contributed by atoms with E-state index in [4.69, 9.17) is 23.7 Å². The molecule has 3 N–H and O–H groups in total. The van der Waals surface area contributed by atoms with Gasteiger partial charge in [-0.25, -0.2) is 0 Å². The Morgan fingerprint density at radius 1 is 0.833 bits per heavy atom. The van der Waals surface area contributed by atoms with Crippen LogP contribution < -0.4 is 5.73 Å². The van der Waals surface area contributed by atoms with E-state index in [2.05, 4.69) is 5.73 Å². The Morgan fingerprint density at radius 3 is 2.06 bits per heavy atom. The zero-order valence-electron chi connectivity index (χ0n) is 11.3. The third-order valence-electron chi connectivity index (χ3n) is 3.54. The van der Waals surface area contributed by atoms with Gasteiger partial charge in [-0.15, -0.1) is 0 Å². The largest absolute Gasteiger partial charge is 0.355 e. The lowest BCUT2D eigenvalue weighted by atomic mass is 9.99. The van der Waals surface area contributed by atoms with Crippen molar-refractivity contribution in [2.75, 3.05) is 6.54 Å². The highest BCUT2D eigenvalue weighted by Crippen LogP contribution is 2.43. The van der Waals surface area contributed by atoms with Crippen molar-refractivity contribution in [3.8, 4) is 0 Å². The topological polar surface area (TPSA) is 73.8 Å². The monoisotopic (exact) mass is 260 g/mol. The average molecular weight is 260 g/mol. The van der Waals surface area contributed by atoms with E-state index in [-0.39, 0.29) is 24.4 Å². The van der Waals surface area contributed by atoms with Gasteiger partial charge in [0.1, 0.15) is 31.0 Å². The minimum absolute atomic E-state index is 0.115. The maximum Gasteiger partial charge on any atom is 0.190 e. The lowest BCUT2D eigenvalue weighted by Crippen LogP contribution is -2.65. The highest BCUT2D eigenvalue weighted by Gasteiger charge is 2.60. The minimum Gasteiger partial charge on any atom is -0.355 e. The highest BCUT2D eigenvalue weighted by molar-refractivity contribution is 4.99. The number of fused-ring (bicyclic) bond motifs is 3. The smallest absolute Gasteiger partial charge is 0.190 e. The fraction of sp³-hybridized carbons (Fsp3) is 1.00. The predicted octanol–water partition coefficient (Wildman–Crippen LogP) is -0.375. The van der Waals surface area contributed by atoms with Gasteiger partial charge >= 0.3 is 0 Å². The molecule has 3 saturated heterocycles. The predicted molar refractivity (Wildman–Crippen MR) is 60.3 cm³/mol. The molecule has 0 aromatic rings. The number of hydrogen-bond donors (Lipinski definition) is 1. The summed E-state index contributed by atoms with van der Waals surface area (Å²) in [5.41, 5.74) is 3.91. The summed E-state index contributed by atoms with van der Waals surface area (Å²) >= 11 is 0. The van der Waals surface area contributed by atoms with Crippen molar-refractivity contribution in [3.63, 3.8) is 0 Å². The van der Waals surface area contributed by atoms with Crippen LogP contribution >= 0.6 is 0 Å². The average Bonchev–Trinajstić information content (AvgIpc) is 2.71. The summed E-state index contributed by atoms with van der Waals surface area (Å²) in [6.07, 6.45) is -1.06. The molecule has 0 unspecified atom stereocenters. The molecule has 3 rings (SSSR count). The second kappa shape index (κ2) is 3.88. The summed E-state index contributed by atoms with van der Waals surface area (Å²) in [6.45, 7) is 8.18. The highest BCUT2D eigenvalue weighted by atomic mass is 16.9. The second-order valence-electron chi connectivity index (χ2n) is 6.00. The van der Waals surface area contributed by atoms with Crippen molar-refractivity contribution >= 4 is 0 Å². The lowest BCUT2D eigenvalue weighted by Gasteiger charge is -2.35. The second-order valence-corrected chi connectivity index (χ2v) is 6.00.